The van der Waals surface area contributed by atoms with Crippen molar-refractivity contribution in [1.82, 2.24) is 14.8 Å². The molecule has 28 heavy (non-hydrogen) atoms. The van der Waals surface area contributed by atoms with E-state index >= 15 is 0 Å². The predicted molar refractivity (Wildman–Crippen MR) is 109 cm³/mol. The Kier molecular flexibility index (Phi) is 4.86. The van der Waals surface area contributed by atoms with Gasteiger partial charge in [-0.25, -0.2) is 9.67 Å². The van der Waals surface area contributed by atoms with Gasteiger partial charge in [-0.3, -0.25) is 5.41 Å². The van der Waals surface area contributed by atoms with Gasteiger partial charge in [0.15, 0.2) is 9.83 Å². The molecule has 0 aliphatic rings. The summed E-state index contributed by atoms with van der Waals surface area (Å²) in [5.41, 5.74) is 2.66. The summed E-state index contributed by atoms with van der Waals surface area (Å²) in [5, 5.41) is 23.3. The number of ether oxygens (including phenoxy) is 1. The topological polar surface area (TPSA) is 87.6 Å². The van der Waals surface area contributed by atoms with Crippen LogP contribution >= 0.6 is 23.1 Å². The highest BCUT2D eigenvalue weighted by Crippen LogP contribution is 2.35. The third-order valence-electron chi connectivity index (χ3n) is 4.22. The molecule has 1 N–H and O–H groups in total. The van der Waals surface area contributed by atoms with Crippen LogP contribution in [-0.4, -0.2) is 21.9 Å². The standard InChI is InChI=1S/C20H15N5OS2/c1-12-15(11-21)18(22)25(13-7-9-14(26-2)10-8-13)24-19(12)28-20-23-16-5-3-4-6-17(16)27-20/h3-10,22H,1-2H3. The number of nitriles is 1. The predicted octanol–water partition coefficient (Wildman–Crippen LogP) is 4.30. The molecule has 2 heterocycles. The largest absolute Gasteiger partial charge is 0.497 e. The second-order valence-corrected chi connectivity index (χ2v) is 8.19. The lowest BCUT2D eigenvalue weighted by Crippen LogP contribution is -2.26. The van der Waals surface area contributed by atoms with Gasteiger partial charge in [0.1, 0.15) is 22.4 Å². The number of benzene rings is 2. The van der Waals surface area contributed by atoms with E-state index in [0.29, 0.717) is 27.6 Å². The fraction of sp³-hybridized carbons (Fsp3) is 0.100. The van der Waals surface area contributed by atoms with Crippen LogP contribution < -0.4 is 10.2 Å². The third kappa shape index (κ3) is 3.26. The Morgan fingerprint density at radius 3 is 2.61 bits per heavy atom. The zero-order chi connectivity index (χ0) is 19.7. The van der Waals surface area contributed by atoms with Crippen LogP contribution in [0.5, 0.6) is 5.75 Å². The van der Waals surface area contributed by atoms with Gasteiger partial charge in [0.25, 0.3) is 0 Å². The number of rotatable bonds is 4. The quantitative estimate of drug-likeness (QED) is 0.547. The van der Waals surface area contributed by atoms with E-state index in [1.807, 2.05) is 43.3 Å². The maximum Gasteiger partial charge on any atom is 0.165 e. The van der Waals surface area contributed by atoms with E-state index in [2.05, 4.69) is 16.2 Å². The van der Waals surface area contributed by atoms with Crippen molar-refractivity contribution in [2.75, 3.05) is 7.11 Å². The number of fused-ring (bicyclic) bond motifs is 1. The summed E-state index contributed by atoms with van der Waals surface area (Å²) in [4.78, 5) is 4.64. The number of aromatic nitrogens is 3. The maximum absolute atomic E-state index is 9.60. The van der Waals surface area contributed by atoms with E-state index in [4.69, 9.17) is 10.1 Å². The van der Waals surface area contributed by atoms with Gasteiger partial charge < -0.3 is 4.74 Å². The molecule has 0 saturated heterocycles. The first-order chi connectivity index (χ1) is 13.6. The molecule has 0 spiro atoms. The van der Waals surface area contributed by atoms with Crippen molar-refractivity contribution >= 4 is 33.3 Å². The van der Waals surface area contributed by atoms with E-state index in [-0.39, 0.29) is 5.49 Å². The molecular weight excluding hydrogens is 390 g/mol. The van der Waals surface area contributed by atoms with Crippen LogP contribution in [0.3, 0.4) is 0 Å². The van der Waals surface area contributed by atoms with Crippen molar-refractivity contribution < 1.29 is 4.74 Å². The third-order valence-corrected chi connectivity index (χ3v) is 6.40. The fourth-order valence-electron chi connectivity index (χ4n) is 2.73. The van der Waals surface area contributed by atoms with Gasteiger partial charge in [0.2, 0.25) is 0 Å². The molecule has 0 atom stereocenters. The smallest absolute Gasteiger partial charge is 0.165 e. The first-order valence-corrected chi connectivity index (χ1v) is 10.0. The lowest BCUT2D eigenvalue weighted by molar-refractivity contribution is 0.414. The molecule has 138 valence electrons. The lowest BCUT2D eigenvalue weighted by Gasteiger charge is -2.12. The van der Waals surface area contributed by atoms with Gasteiger partial charge in [-0.05, 0) is 55.1 Å². The Morgan fingerprint density at radius 2 is 1.93 bits per heavy atom. The van der Waals surface area contributed by atoms with Gasteiger partial charge in [0, 0.05) is 5.56 Å². The normalized spacial score (nSPS) is 10.8. The summed E-state index contributed by atoms with van der Waals surface area (Å²) < 4.78 is 8.61. The van der Waals surface area contributed by atoms with E-state index < -0.39 is 0 Å². The Balaban J connectivity index is 1.82. The van der Waals surface area contributed by atoms with Crippen LogP contribution in [-0.2, 0) is 0 Å². The molecule has 0 radical (unpaired) electrons. The molecule has 0 amide bonds. The van der Waals surface area contributed by atoms with Crippen LogP contribution in [0.15, 0.2) is 57.9 Å². The molecule has 4 aromatic rings. The Bertz CT molecular complexity index is 1240. The van der Waals surface area contributed by atoms with Crippen molar-refractivity contribution in [3.8, 4) is 17.5 Å². The number of hydrogen-bond acceptors (Lipinski definition) is 7. The second-order valence-electron chi connectivity index (χ2n) is 5.92. The molecule has 0 bridgehead atoms. The molecule has 6 nitrogen and oxygen atoms in total. The summed E-state index contributed by atoms with van der Waals surface area (Å²) in [6, 6.07) is 17.3. The van der Waals surface area contributed by atoms with Crippen LogP contribution in [0.1, 0.15) is 11.1 Å². The number of nitrogens with one attached hydrogen (secondary N) is 1. The molecule has 2 aromatic carbocycles. The summed E-state index contributed by atoms with van der Waals surface area (Å²) in [7, 11) is 1.60. The zero-order valence-corrected chi connectivity index (χ0v) is 16.8. The van der Waals surface area contributed by atoms with Gasteiger partial charge in [-0.15, -0.1) is 11.3 Å². The molecule has 0 saturated carbocycles. The minimum Gasteiger partial charge on any atom is -0.497 e. The summed E-state index contributed by atoms with van der Waals surface area (Å²) in [6.07, 6.45) is 0. The number of hydrogen-bond donors (Lipinski definition) is 1. The fourth-order valence-corrected chi connectivity index (χ4v) is 4.78. The minimum atomic E-state index is 0.0545. The van der Waals surface area contributed by atoms with Crippen LogP contribution in [0.2, 0.25) is 0 Å². The molecule has 0 aliphatic carbocycles. The molecule has 0 fully saturated rings. The average Bonchev–Trinajstić information content (AvgIpc) is 3.13. The minimum absolute atomic E-state index is 0.0545. The number of para-hydroxylation sites is 1. The van der Waals surface area contributed by atoms with E-state index in [1.165, 1.54) is 16.4 Å². The highest BCUT2D eigenvalue weighted by atomic mass is 32.2. The lowest BCUT2D eigenvalue weighted by atomic mass is 10.2. The van der Waals surface area contributed by atoms with Crippen molar-refractivity contribution in [1.29, 1.82) is 10.7 Å². The van der Waals surface area contributed by atoms with Crippen molar-refractivity contribution in [2.45, 2.75) is 16.3 Å². The van der Waals surface area contributed by atoms with Crippen LogP contribution in [0.4, 0.5) is 0 Å². The molecule has 0 aliphatic heterocycles. The highest BCUT2D eigenvalue weighted by Gasteiger charge is 2.16. The number of methoxy groups -OCH3 is 1. The van der Waals surface area contributed by atoms with E-state index in [0.717, 1.165) is 14.6 Å². The molecule has 4 rings (SSSR count). The van der Waals surface area contributed by atoms with Crippen molar-refractivity contribution in [3.05, 3.63) is 65.1 Å². The first-order valence-electron chi connectivity index (χ1n) is 8.37. The first kappa shape index (κ1) is 18.2. The molecular formula is C20H15N5OS2. The van der Waals surface area contributed by atoms with Gasteiger partial charge >= 0.3 is 0 Å². The SMILES string of the molecule is COc1ccc(-n2nc(Sc3nc4ccccc4s3)c(C)c(C#N)c2=N)cc1. The van der Waals surface area contributed by atoms with Gasteiger partial charge in [-0.1, -0.05) is 12.1 Å². The Hall–Kier alpha value is -3.15. The van der Waals surface area contributed by atoms with Crippen LogP contribution in [0, 0.1) is 23.7 Å². The van der Waals surface area contributed by atoms with Gasteiger partial charge in [0.05, 0.1) is 23.0 Å². The summed E-state index contributed by atoms with van der Waals surface area (Å²) in [6.45, 7) is 1.82. The molecule has 8 heteroatoms. The zero-order valence-electron chi connectivity index (χ0n) is 15.1. The van der Waals surface area contributed by atoms with Crippen molar-refractivity contribution in [3.63, 3.8) is 0 Å². The van der Waals surface area contributed by atoms with E-state index in [1.54, 1.807) is 30.6 Å². The van der Waals surface area contributed by atoms with Gasteiger partial charge in [-0.2, -0.15) is 10.4 Å². The molecule has 2 aromatic heterocycles. The van der Waals surface area contributed by atoms with E-state index in [9.17, 15) is 5.26 Å². The summed E-state index contributed by atoms with van der Waals surface area (Å²) in [5.74, 6) is 0.715. The Labute approximate surface area is 169 Å². The monoisotopic (exact) mass is 405 g/mol. The second kappa shape index (κ2) is 7.46. The number of nitrogens with zero attached hydrogens (tertiary/aromatic N) is 4. The van der Waals surface area contributed by atoms with Crippen LogP contribution in [0.25, 0.3) is 15.9 Å². The highest BCUT2D eigenvalue weighted by molar-refractivity contribution is 8.01. The molecule has 0 unspecified atom stereocenters. The van der Waals surface area contributed by atoms with Crippen molar-refractivity contribution in [2.24, 2.45) is 0 Å². The number of thiazole rings is 1. The maximum atomic E-state index is 9.60. The Morgan fingerprint density at radius 1 is 1.18 bits per heavy atom. The summed E-state index contributed by atoms with van der Waals surface area (Å²) >= 11 is 2.99. The average molecular weight is 406 g/mol.